The number of ketones is 1. The number of carbonyl (C=O) groups is 2. The lowest BCUT2D eigenvalue weighted by atomic mass is 9.45. The number of esters is 1. The zero-order valence-corrected chi connectivity index (χ0v) is 15.7. The van der Waals surface area contributed by atoms with Crippen LogP contribution >= 0.6 is 0 Å². The standard InChI is InChI=1S/C21H31FO3/c1-12(23)25-14-8-9-20(2)13(10-14)4-5-15-16-6-7-19(24)21(16,3)18(22)11-17(15)20/h13-18H,4-11H2,1-3H3/t13?,14-,15?,16?,17?,18-,20-,21+/m0/s1. The molecule has 4 heteroatoms. The number of rotatable bonds is 1. The molecule has 3 nitrogen and oxygen atoms in total. The Hall–Kier alpha value is -0.930. The lowest BCUT2D eigenvalue weighted by Gasteiger charge is -2.60. The zero-order valence-electron chi connectivity index (χ0n) is 15.7. The first-order valence-corrected chi connectivity index (χ1v) is 10.1. The predicted molar refractivity (Wildman–Crippen MR) is 92.6 cm³/mol. The Bertz CT molecular complexity index is 590. The van der Waals surface area contributed by atoms with E-state index in [4.69, 9.17) is 4.74 Å². The molecular formula is C21H31FO3. The summed E-state index contributed by atoms with van der Waals surface area (Å²) in [5.41, 5.74) is -0.587. The van der Waals surface area contributed by atoms with Gasteiger partial charge in [0.15, 0.2) is 0 Å². The van der Waals surface area contributed by atoms with Crippen molar-refractivity contribution >= 4 is 11.8 Å². The highest BCUT2D eigenvalue weighted by Gasteiger charge is 2.64. The third-order valence-corrected chi connectivity index (χ3v) is 8.71. The lowest BCUT2D eigenvalue weighted by Crippen LogP contribution is -2.57. The van der Waals surface area contributed by atoms with Crippen LogP contribution in [0.5, 0.6) is 0 Å². The largest absolute Gasteiger partial charge is 0.463 e. The molecule has 25 heavy (non-hydrogen) atoms. The van der Waals surface area contributed by atoms with Gasteiger partial charge in [-0.05, 0) is 81.0 Å². The number of hydrogen-bond acceptors (Lipinski definition) is 3. The molecule has 0 amide bonds. The van der Waals surface area contributed by atoms with Crippen molar-refractivity contribution in [1.82, 2.24) is 0 Å². The second-order valence-corrected chi connectivity index (χ2v) is 9.61. The molecule has 0 bridgehead atoms. The monoisotopic (exact) mass is 350 g/mol. The van der Waals surface area contributed by atoms with Crippen LogP contribution in [0.15, 0.2) is 0 Å². The van der Waals surface area contributed by atoms with Gasteiger partial charge in [-0.2, -0.15) is 0 Å². The fourth-order valence-electron chi connectivity index (χ4n) is 7.26. The molecule has 4 aliphatic carbocycles. The molecule has 0 aromatic heterocycles. The molecular weight excluding hydrogens is 319 g/mol. The van der Waals surface area contributed by atoms with Crippen molar-refractivity contribution in [3.63, 3.8) is 0 Å². The van der Waals surface area contributed by atoms with Crippen LogP contribution in [0.1, 0.15) is 72.1 Å². The fraction of sp³-hybridized carbons (Fsp3) is 0.905. The summed E-state index contributed by atoms with van der Waals surface area (Å²) in [6.07, 6.45) is 6.13. The smallest absolute Gasteiger partial charge is 0.302 e. The third kappa shape index (κ3) is 2.42. The molecule has 0 aromatic carbocycles. The van der Waals surface area contributed by atoms with E-state index in [-0.39, 0.29) is 29.2 Å². The summed E-state index contributed by atoms with van der Waals surface area (Å²) < 4.78 is 20.7. The van der Waals surface area contributed by atoms with Gasteiger partial charge in [0.05, 0.1) is 5.41 Å². The summed E-state index contributed by atoms with van der Waals surface area (Å²) in [7, 11) is 0. The number of halogens is 1. The summed E-state index contributed by atoms with van der Waals surface area (Å²) in [6.45, 7) is 5.74. The van der Waals surface area contributed by atoms with E-state index >= 15 is 4.39 Å². The van der Waals surface area contributed by atoms with Crippen LogP contribution in [0.4, 0.5) is 4.39 Å². The molecule has 4 saturated carbocycles. The Labute approximate surface area is 150 Å². The molecule has 4 rings (SSSR count). The minimum atomic E-state index is -0.990. The molecule has 140 valence electrons. The average molecular weight is 350 g/mol. The number of ether oxygens (including phenoxy) is 1. The highest BCUT2D eigenvalue weighted by Crippen LogP contribution is 2.66. The van der Waals surface area contributed by atoms with Crippen LogP contribution in [-0.4, -0.2) is 24.0 Å². The third-order valence-electron chi connectivity index (χ3n) is 8.71. The summed E-state index contributed by atoms with van der Waals surface area (Å²) >= 11 is 0. The topological polar surface area (TPSA) is 43.4 Å². The van der Waals surface area contributed by atoms with Crippen molar-refractivity contribution in [1.29, 1.82) is 0 Å². The van der Waals surface area contributed by atoms with Crippen LogP contribution in [0.2, 0.25) is 0 Å². The first-order valence-electron chi connectivity index (χ1n) is 10.1. The number of fused-ring (bicyclic) bond motifs is 5. The van der Waals surface area contributed by atoms with Gasteiger partial charge in [0.2, 0.25) is 0 Å². The normalized spacial score (nSPS) is 52.1. The minimum absolute atomic E-state index is 0.0372. The maximum Gasteiger partial charge on any atom is 0.302 e. The lowest BCUT2D eigenvalue weighted by molar-refractivity contribution is -0.167. The van der Waals surface area contributed by atoms with Crippen molar-refractivity contribution < 1.29 is 18.7 Å². The Morgan fingerprint density at radius 1 is 1.12 bits per heavy atom. The molecule has 0 spiro atoms. The summed E-state index contributed by atoms with van der Waals surface area (Å²) in [6, 6.07) is 0. The van der Waals surface area contributed by atoms with E-state index < -0.39 is 11.6 Å². The number of alkyl halides is 1. The van der Waals surface area contributed by atoms with Crippen molar-refractivity contribution in [2.24, 2.45) is 34.5 Å². The Balaban J connectivity index is 1.58. The van der Waals surface area contributed by atoms with E-state index in [0.717, 1.165) is 38.5 Å². The van der Waals surface area contributed by atoms with Crippen molar-refractivity contribution in [2.75, 3.05) is 0 Å². The van der Waals surface area contributed by atoms with E-state index in [1.807, 2.05) is 6.92 Å². The molecule has 0 heterocycles. The van der Waals surface area contributed by atoms with Crippen molar-refractivity contribution in [3.8, 4) is 0 Å². The van der Waals surface area contributed by atoms with Crippen LogP contribution in [0.3, 0.4) is 0 Å². The second-order valence-electron chi connectivity index (χ2n) is 9.61. The van der Waals surface area contributed by atoms with Crippen molar-refractivity contribution in [2.45, 2.75) is 84.4 Å². The molecule has 4 unspecified atom stereocenters. The van der Waals surface area contributed by atoms with Gasteiger partial charge < -0.3 is 4.74 Å². The first kappa shape index (κ1) is 17.5. The quantitative estimate of drug-likeness (QED) is 0.655. The molecule has 0 saturated heterocycles. The van der Waals surface area contributed by atoms with Gasteiger partial charge in [0.1, 0.15) is 18.1 Å². The van der Waals surface area contributed by atoms with Gasteiger partial charge in [0.25, 0.3) is 0 Å². The molecule has 0 aliphatic heterocycles. The predicted octanol–water partition coefficient (Wildman–Crippen LogP) is 4.48. The minimum Gasteiger partial charge on any atom is -0.463 e. The van der Waals surface area contributed by atoms with E-state index in [1.165, 1.54) is 6.92 Å². The van der Waals surface area contributed by atoms with E-state index in [2.05, 4.69) is 6.92 Å². The average Bonchev–Trinajstić information content (AvgIpc) is 2.86. The van der Waals surface area contributed by atoms with Crippen LogP contribution < -0.4 is 0 Å². The van der Waals surface area contributed by atoms with Gasteiger partial charge in [-0.3, -0.25) is 9.59 Å². The molecule has 4 aliphatic rings. The van der Waals surface area contributed by atoms with Gasteiger partial charge in [0, 0.05) is 13.3 Å². The highest BCUT2D eigenvalue weighted by atomic mass is 19.1. The van der Waals surface area contributed by atoms with Gasteiger partial charge in [-0.25, -0.2) is 4.39 Å². The molecule has 0 aromatic rings. The number of hydrogen-bond donors (Lipinski definition) is 0. The van der Waals surface area contributed by atoms with Gasteiger partial charge in [-0.15, -0.1) is 0 Å². The molecule has 0 N–H and O–H groups in total. The van der Waals surface area contributed by atoms with E-state index in [0.29, 0.717) is 30.6 Å². The first-order chi connectivity index (χ1) is 11.8. The summed E-state index contributed by atoms with van der Waals surface area (Å²) in [5, 5.41) is 0. The molecule has 4 fully saturated rings. The van der Waals surface area contributed by atoms with Crippen LogP contribution in [0, 0.1) is 34.5 Å². The number of Topliss-reactive ketones (excluding diaryl/α,β-unsaturated/α-hetero) is 1. The summed E-state index contributed by atoms with van der Waals surface area (Å²) in [4.78, 5) is 23.7. The maximum atomic E-state index is 15.2. The Morgan fingerprint density at radius 3 is 2.60 bits per heavy atom. The maximum absolute atomic E-state index is 15.2. The van der Waals surface area contributed by atoms with E-state index in [1.54, 1.807) is 0 Å². The highest BCUT2D eigenvalue weighted by molar-refractivity contribution is 5.87. The van der Waals surface area contributed by atoms with Crippen molar-refractivity contribution in [3.05, 3.63) is 0 Å². The van der Waals surface area contributed by atoms with Crippen LogP contribution in [0.25, 0.3) is 0 Å². The second kappa shape index (κ2) is 5.79. The Morgan fingerprint density at radius 2 is 1.88 bits per heavy atom. The van der Waals surface area contributed by atoms with Gasteiger partial charge in [-0.1, -0.05) is 6.92 Å². The van der Waals surface area contributed by atoms with Gasteiger partial charge >= 0.3 is 5.97 Å². The molecule has 8 atom stereocenters. The summed E-state index contributed by atoms with van der Waals surface area (Å²) in [5.74, 6) is 1.59. The van der Waals surface area contributed by atoms with Crippen LogP contribution in [-0.2, 0) is 14.3 Å². The fourth-order valence-corrected chi connectivity index (χ4v) is 7.26. The van der Waals surface area contributed by atoms with E-state index in [9.17, 15) is 9.59 Å². The number of carbonyl (C=O) groups excluding carboxylic acids is 2. The SMILES string of the molecule is CC(=O)O[C@H]1CC[C@@]2(C)C(CCC3C2C[C@H](F)[C@]2(C)C(=O)CCC32)C1. The zero-order chi connectivity index (χ0) is 18.0. The molecule has 0 radical (unpaired) electrons. The Kier molecular flexibility index (Phi) is 4.05.